The summed E-state index contributed by atoms with van der Waals surface area (Å²) in [5.41, 5.74) is 1.12. The summed E-state index contributed by atoms with van der Waals surface area (Å²) in [7, 11) is 0. The standard InChI is InChI=1S/C16H20N2OS2/c1-3-6-17-7-4-8-19-13-10-14-15(18-11(2)21-14)16-12(13)5-9-20-16/h5,9-10,17H,3-4,6-8H2,1-2H3. The topological polar surface area (TPSA) is 34.1 Å². The highest BCUT2D eigenvalue weighted by Crippen LogP contribution is 2.38. The van der Waals surface area contributed by atoms with Gasteiger partial charge >= 0.3 is 0 Å². The molecule has 2 aromatic heterocycles. The molecule has 0 spiro atoms. The van der Waals surface area contributed by atoms with Crippen LogP contribution in [0.25, 0.3) is 20.3 Å². The van der Waals surface area contributed by atoms with Crippen LogP contribution >= 0.6 is 22.7 Å². The fourth-order valence-electron chi connectivity index (χ4n) is 2.39. The van der Waals surface area contributed by atoms with E-state index in [1.165, 1.54) is 21.2 Å². The van der Waals surface area contributed by atoms with Crippen molar-refractivity contribution in [3.63, 3.8) is 0 Å². The number of aryl methyl sites for hydroxylation is 1. The zero-order valence-corrected chi connectivity index (χ0v) is 14.1. The molecule has 0 aliphatic rings. The zero-order chi connectivity index (χ0) is 14.7. The fourth-order valence-corrected chi connectivity index (χ4v) is 4.22. The lowest BCUT2D eigenvalue weighted by Gasteiger charge is -2.08. The van der Waals surface area contributed by atoms with Crippen molar-refractivity contribution in [1.29, 1.82) is 0 Å². The molecule has 0 aliphatic carbocycles. The molecule has 112 valence electrons. The van der Waals surface area contributed by atoms with Crippen molar-refractivity contribution >= 4 is 43.0 Å². The van der Waals surface area contributed by atoms with Crippen LogP contribution in [0.4, 0.5) is 0 Å². The summed E-state index contributed by atoms with van der Waals surface area (Å²) in [6, 6.07) is 4.29. The average Bonchev–Trinajstić information content (AvgIpc) is 3.07. The van der Waals surface area contributed by atoms with Crippen LogP contribution in [0.5, 0.6) is 5.75 Å². The third-order valence-electron chi connectivity index (χ3n) is 3.35. The number of hydrogen-bond donors (Lipinski definition) is 1. The van der Waals surface area contributed by atoms with Gasteiger partial charge in [0.2, 0.25) is 0 Å². The number of thiazole rings is 1. The van der Waals surface area contributed by atoms with E-state index in [9.17, 15) is 0 Å². The van der Waals surface area contributed by atoms with Gasteiger partial charge in [-0.2, -0.15) is 0 Å². The van der Waals surface area contributed by atoms with Gasteiger partial charge < -0.3 is 10.1 Å². The smallest absolute Gasteiger partial charge is 0.129 e. The molecule has 0 saturated carbocycles. The summed E-state index contributed by atoms with van der Waals surface area (Å²) in [6.45, 7) is 7.10. The van der Waals surface area contributed by atoms with Crippen molar-refractivity contribution in [3.8, 4) is 5.75 Å². The monoisotopic (exact) mass is 320 g/mol. The van der Waals surface area contributed by atoms with Gasteiger partial charge in [0, 0.05) is 11.5 Å². The van der Waals surface area contributed by atoms with Crippen LogP contribution in [-0.2, 0) is 0 Å². The number of benzene rings is 1. The van der Waals surface area contributed by atoms with Gasteiger partial charge in [-0.25, -0.2) is 4.98 Å². The van der Waals surface area contributed by atoms with Crippen LogP contribution in [0.1, 0.15) is 24.8 Å². The molecule has 0 unspecified atom stereocenters. The molecule has 3 rings (SSSR count). The van der Waals surface area contributed by atoms with E-state index in [2.05, 4.69) is 41.7 Å². The highest BCUT2D eigenvalue weighted by molar-refractivity contribution is 7.21. The Morgan fingerprint density at radius 3 is 3.10 bits per heavy atom. The van der Waals surface area contributed by atoms with Gasteiger partial charge in [0.05, 0.1) is 26.5 Å². The molecule has 1 N–H and O–H groups in total. The zero-order valence-electron chi connectivity index (χ0n) is 12.4. The van der Waals surface area contributed by atoms with E-state index in [1.54, 1.807) is 22.7 Å². The highest BCUT2D eigenvalue weighted by atomic mass is 32.1. The summed E-state index contributed by atoms with van der Waals surface area (Å²) in [5.74, 6) is 0.998. The molecule has 21 heavy (non-hydrogen) atoms. The van der Waals surface area contributed by atoms with Gasteiger partial charge in [-0.1, -0.05) is 6.92 Å². The van der Waals surface area contributed by atoms with Gasteiger partial charge in [-0.05, 0) is 44.3 Å². The van der Waals surface area contributed by atoms with Crippen LogP contribution < -0.4 is 10.1 Å². The van der Waals surface area contributed by atoms with Crippen LogP contribution in [0.2, 0.25) is 0 Å². The molecule has 0 fully saturated rings. The minimum atomic E-state index is 0.755. The highest BCUT2D eigenvalue weighted by Gasteiger charge is 2.12. The predicted molar refractivity (Wildman–Crippen MR) is 93.0 cm³/mol. The van der Waals surface area contributed by atoms with Gasteiger partial charge in [0.15, 0.2) is 0 Å². The molecule has 0 bridgehead atoms. The summed E-state index contributed by atoms with van der Waals surface area (Å²) < 4.78 is 8.49. The van der Waals surface area contributed by atoms with Gasteiger partial charge in [-0.3, -0.25) is 0 Å². The normalized spacial score (nSPS) is 11.5. The number of ether oxygens (including phenoxy) is 1. The third-order valence-corrected chi connectivity index (χ3v) is 5.19. The molecule has 2 heterocycles. The number of nitrogens with zero attached hydrogens (tertiary/aromatic N) is 1. The molecule has 5 heteroatoms. The lowest BCUT2D eigenvalue weighted by molar-refractivity contribution is 0.312. The number of rotatable bonds is 7. The first kappa shape index (κ1) is 14.8. The predicted octanol–water partition coefficient (Wildman–Crippen LogP) is 4.59. The second-order valence-electron chi connectivity index (χ2n) is 5.07. The lowest BCUT2D eigenvalue weighted by atomic mass is 10.2. The van der Waals surface area contributed by atoms with Crippen molar-refractivity contribution in [2.75, 3.05) is 19.7 Å². The number of fused-ring (bicyclic) bond motifs is 3. The molecule has 3 aromatic rings. The molecule has 3 nitrogen and oxygen atoms in total. The van der Waals surface area contributed by atoms with Crippen LogP contribution in [0, 0.1) is 6.92 Å². The maximum Gasteiger partial charge on any atom is 0.129 e. The molecule has 0 atom stereocenters. The summed E-state index contributed by atoms with van der Waals surface area (Å²) in [5, 5.41) is 7.83. The molecule has 0 saturated heterocycles. The quantitative estimate of drug-likeness (QED) is 0.647. The Hall–Kier alpha value is -1.17. The molecule has 0 amide bonds. The summed E-state index contributed by atoms with van der Waals surface area (Å²) >= 11 is 3.48. The first-order valence-electron chi connectivity index (χ1n) is 7.40. The number of aromatic nitrogens is 1. The van der Waals surface area contributed by atoms with E-state index in [0.717, 1.165) is 42.4 Å². The first-order chi connectivity index (χ1) is 10.3. The minimum Gasteiger partial charge on any atom is -0.493 e. The Balaban J connectivity index is 1.76. The van der Waals surface area contributed by atoms with Crippen LogP contribution in [-0.4, -0.2) is 24.7 Å². The average molecular weight is 320 g/mol. The fraction of sp³-hybridized carbons (Fsp3) is 0.438. The van der Waals surface area contributed by atoms with E-state index in [4.69, 9.17) is 4.74 Å². The van der Waals surface area contributed by atoms with Gasteiger partial charge in [-0.15, -0.1) is 22.7 Å². The molecule has 0 aliphatic heterocycles. The molecule has 1 aromatic carbocycles. The maximum atomic E-state index is 6.02. The van der Waals surface area contributed by atoms with Crippen molar-refractivity contribution in [1.82, 2.24) is 10.3 Å². The van der Waals surface area contributed by atoms with Crippen molar-refractivity contribution in [3.05, 3.63) is 22.5 Å². The maximum absolute atomic E-state index is 6.02. The number of hydrogen-bond acceptors (Lipinski definition) is 5. The van der Waals surface area contributed by atoms with E-state index in [1.807, 2.05) is 0 Å². The van der Waals surface area contributed by atoms with E-state index >= 15 is 0 Å². The Kier molecular flexibility index (Phi) is 4.73. The van der Waals surface area contributed by atoms with Crippen molar-refractivity contribution in [2.45, 2.75) is 26.7 Å². The van der Waals surface area contributed by atoms with Gasteiger partial charge in [0.25, 0.3) is 0 Å². The summed E-state index contributed by atoms with van der Waals surface area (Å²) in [6.07, 6.45) is 2.21. The van der Waals surface area contributed by atoms with Crippen LogP contribution in [0.3, 0.4) is 0 Å². The van der Waals surface area contributed by atoms with E-state index in [0.29, 0.717) is 0 Å². The van der Waals surface area contributed by atoms with Crippen LogP contribution in [0.15, 0.2) is 17.5 Å². The van der Waals surface area contributed by atoms with E-state index in [-0.39, 0.29) is 0 Å². The Morgan fingerprint density at radius 1 is 1.33 bits per heavy atom. The third kappa shape index (κ3) is 3.20. The minimum absolute atomic E-state index is 0.755. The Morgan fingerprint density at radius 2 is 2.24 bits per heavy atom. The van der Waals surface area contributed by atoms with E-state index < -0.39 is 0 Å². The Bertz CT molecular complexity index is 732. The lowest BCUT2D eigenvalue weighted by Crippen LogP contribution is -2.18. The SMILES string of the molecule is CCCNCCCOc1cc2sc(C)nc2c2sccc12. The molecular formula is C16H20N2OS2. The largest absolute Gasteiger partial charge is 0.493 e. The first-order valence-corrected chi connectivity index (χ1v) is 9.10. The summed E-state index contributed by atoms with van der Waals surface area (Å²) in [4.78, 5) is 4.65. The number of nitrogens with one attached hydrogen (secondary N) is 1. The number of thiophene rings is 1. The second-order valence-corrected chi connectivity index (χ2v) is 7.22. The Labute approximate surface area is 133 Å². The molecular weight excluding hydrogens is 300 g/mol. The molecule has 0 radical (unpaired) electrons. The van der Waals surface area contributed by atoms with Crippen molar-refractivity contribution < 1.29 is 4.74 Å². The second kappa shape index (κ2) is 6.73. The van der Waals surface area contributed by atoms with Gasteiger partial charge in [0.1, 0.15) is 5.75 Å². The van der Waals surface area contributed by atoms with Crippen molar-refractivity contribution in [2.24, 2.45) is 0 Å².